The Labute approximate surface area is 121 Å². The Hall–Kier alpha value is -2.71. The van der Waals surface area contributed by atoms with E-state index in [1.165, 1.54) is 24.3 Å². The number of halogens is 3. The highest BCUT2D eigenvalue weighted by Gasteiger charge is 2.35. The lowest BCUT2D eigenvalue weighted by atomic mass is 10.1. The third kappa shape index (κ3) is 2.69. The van der Waals surface area contributed by atoms with Gasteiger partial charge >= 0.3 is 6.18 Å². The molecule has 0 unspecified atom stereocenters. The first kappa shape index (κ1) is 15.7. The van der Waals surface area contributed by atoms with E-state index >= 15 is 0 Å². The topological polar surface area (TPSA) is 84.5 Å². The summed E-state index contributed by atoms with van der Waals surface area (Å²) in [5.41, 5.74) is -2.43. The molecule has 6 nitrogen and oxygen atoms in total. The normalized spacial score (nSPS) is 11.6. The van der Waals surface area contributed by atoms with Crippen LogP contribution in [0.1, 0.15) is 22.5 Å². The van der Waals surface area contributed by atoms with Gasteiger partial charge in [0.15, 0.2) is 5.78 Å². The molecule has 0 saturated carbocycles. The van der Waals surface area contributed by atoms with Gasteiger partial charge in [-0.15, -0.1) is 4.85 Å². The van der Waals surface area contributed by atoms with Crippen LogP contribution in [-0.2, 0) is 0 Å². The SMILES string of the molecule is Cc1c(C(=O)CC(F)(F)F)c(=O)n(-c2ccccc2O)n1O. The first-order valence-corrected chi connectivity index (χ1v) is 6.05. The van der Waals surface area contributed by atoms with Crippen molar-refractivity contribution in [3.05, 3.63) is 45.9 Å². The lowest BCUT2D eigenvalue weighted by Gasteiger charge is -2.07. The number of hydrogen-bond donors (Lipinski definition) is 2. The van der Waals surface area contributed by atoms with Gasteiger partial charge in [-0.2, -0.15) is 17.9 Å². The second-order valence-corrected chi connectivity index (χ2v) is 4.57. The van der Waals surface area contributed by atoms with E-state index in [9.17, 15) is 33.1 Å². The minimum absolute atomic E-state index is 0.163. The minimum Gasteiger partial charge on any atom is -0.506 e. The molecular weight excluding hydrogens is 305 g/mol. The second kappa shape index (κ2) is 5.24. The molecule has 0 atom stereocenters. The molecule has 22 heavy (non-hydrogen) atoms. The maximum absolute atomic E-state index is 12.3. The molecule has 0 amide bonds. The summed E-state index contributed by atoms with van der Waals surface area (Å²) in [5, 5.41) is 19.5. The number of aromatic hydroxyl groups is 1. The van der Waals surface area contributed by atoms with Gasteiger partial charge in [-0.3, -0.25) is 9.59 Å². The molecule has 0 radical (unpaired) electrons. The van der Waals surface area contributed by atoms with Crippen LogP contribution in [0, 0.1) is 6.92 Å². The molecule has 2 N–H and O–H groups in total. The van der Waals surface area contributed by atoms with Crippen LogP contribution < -0.4 is 5.56 Å². The van der Waals surface area contributed by atoms with E-state index < -0.39 is 29.5 Å². The van der Waals surface area contributed by atoms with Gasteiger partial charge in [-0.25, -0.2) is 0 Å². The molecule has 1 aromatic heterocycles. The summed E-state index contributed by atoms with van der Waals surface area (Å²) in [6.07, 6.45) is -6.58. The predicted molar refractivity (Wildman–Crippen MR) is 68.6 cm³/mol. The number of carbonyl (C=O) groups is 1. The maximum Gasteiger partial charge on any atom is 0.396 e. The van der Waals surface area contributed by atoms with Crippen molar-refractivity contribution in [2.24, 2.45) is 0 Å². The Morgan fingerprint density at radius 3 is 2.41 bits per heavy atom. The van der Waals surface area contributed by atoms with E-state index in [1.807, 2.05) is 0 Å². The fraction of sp³-hybridized carbons (Fsp3) is 0.231. The summed E-state index contributed by atoms with van der Waals surface area (Å²) in [6, 6.07) is 5.39. The summed E-state index contributed by atoms with van der Waals surface area (Å²) in [4.78, 5) is 24.1. The van der Waals surface area contributed by atoms with Crippen molar-refractivity contribution in [1.82, 2.24) is 9.53 Å². The zero-order valence-electron chi connectivity index (χ0n) is 11.3. The van der Waals surface area contributed by atoms with E-state index in [0.717, 1.165) is 6.92 Å². The molecule has 0 fully saturated rings. The van der Waals surface area contributed by atoms with Crippen LogP contribution in [0.25, 0.3) is 5.69 Å². The molecule has 9 heteroatoms. The van der Waals surface area contributed by atoms with Crippen LogP contribution in [0.3, 0.4) is 0 Å². The number of hydrogen-bond acceptors (Lipinski definition) is 4. The van der Waals surface area contributed by atoms with Crippen molar-refractivity contribution in [3.8, 4) is 11.4 Å². The lowest BCUT2D eigenvalue weighted by Crippen LogP contribution is -2.25. The van der Waals surface area contributed by atoms with Gasteiger partial charge < -0.3 is 10.3 Å². The average molecular weight is 316 g/mol. The molecule has 0 aliphatic carbocycles. The number of phenols is 1. The van der Waals surface area contributed by atoms with Gasteiger partial charge in [-0.1, -0.05) is 12.1 Å². The largest absolute Gasteiger partial charge is 0.506 e. The highest BCUT2D eigenvalue weighted by atomic mass is 19.4. The highest BCUT2D eigenvalue weighted by molar-refractivity contribution is 5.97. The number of carbonyl (C=O) groups excluding carboxylic acids is 1. The van der Waals surface area contributed by atoms with Crippen molar-refractivity contribution < 1.29 is 28.3 Å². The number of rotatable bonds is 3. The third-order valence-corrected chi connectivity index (χ3v) is 3.01. The fourth-order valence-electron chi connectivity index (χ4n) is 2.04. The van der Waals surface area contributed by atoms with Gasteiger partial charge in [0.2, 0.25) is 0 Å². The maximum atomic E-state index is 12.3. The second-order valence-electron chi connectivity index (χ2n) is 4.57. The number of benzene rings is 1. The van der Waals surface area contributed by atoms with E-state index in [1.54, 1.807) is 0 Å². The van der Waals surface area contributed by atoms with Crippen LogP contribution >= 0.6 is 0 Å². The van der Waals surface area contributed by atoms with E-state index in [2.05, 4.69) is 0 Å². The fourth-order valence-corrected chi connectivity index (χ4v) is 2.04. The van der Waals surface area contributed by atoms with Crippen molar-refractivity contribution in [3.63, 3.8) is 0 Å². The zero-order valence-corrected chi connectivity index (χ0v) is 11.3. The molecule has 1 heterocycles. The molecule has 1 aromatic carbocycles. The van der Waals surface area contributed by atoms with E-state index in [-0.39, 0.29) is 22.0 Å². The van der Waals surface area contributed by atoms with Gasteiger partial charge in [-0.05, 0) is 19.1 Å². The smallest absolute Gasteiger partial charge is 0.396 e. The Kier molecular flexibility index (Phi) is 3.74. The quantitative estimate of drug-likeness (QED) is 0.670. The Balaban J connectivity index is 2.62. The number of ketones is 1. The molecule has 2 rings (SSSR count). The summed E-state index contributed by atoms with van der Waals surface area (Å²) in [5.74, 6) is -1.83. The third-order valence-electron chi connectivity index (χ3n) is 3.01. The van der Waals surface area contributed by atoms with Gasteiger partial charge in [0.25, 0.3) is 5.56 Å². The number of Topliss-reactive ketones (excluding diaryl/α,β-unsaturated/α-hetero) is 1. The van der Waals surface area contributed by atoms with E-state index in [4.69, 9.17) is 0 Å². The molecule has 2 aromatic rings. The van der Waals surface area contributed by atoms with Crippen LogP contribution in [0.15, 0.2) is 29.1 Å². The standard InChI is InChI=1S/C13H11F3N2O4/c1-7-11(10(20)6-13(14,15)16)12(21)17(18(7)22)8-4-2-3-5-9(8)19/h2-5,19,22H,6H2,1H3. The van der Waals surface area contributed by atoms with E-state index in [0.29, 0.717) is 4.68 Å². The zero-order chi connectivity index (χ0) is 16.7. The van der Waals surface area contributed by atoms with Gasteiger partial charge in [0.05, 0.1) is 5.69 Å². The van der Waals surface area contributed by atoms with Crippen LogP contribution in [0.4, 0.5) is 13.2 Å². The first-order chi connectivity index (χ1) is 10.1. The summed E-state index contributed by atoms with van der Waals surface area (Å²) >= 11 is 0. The molecule has 0 saturated heterocycles. The summed E-state index contributed by atoms with van der Waals surface area (Å²) in [7, 11) is 0. The monoisotopic (exact) mass is 316 g/mol. The Morgan fingerprint density at radius 1 is 1.27 bits per heavy atom. The van der Waals surface area contributed by atoms with Crippen molar-refractivity contribution >= 4 is 5.78 Å². The summed E-state index contributed by atoms with van der Waals surface area (Å²) < 4.78 is 37.5. The minimum atomic E-state index is -4.77. The number of alkyl halides is 3. The average Bonchev–Trinajstić information content (AvgIpc) is 2.60. The van der Waals surface area contributed by atoms with Crippen LogP contribution in [-0.4, -0.2) is 31.8 Å². The number of aromatic nitrogens is 2. The molecule has 0 bridgehead atoms. The summed E-state index contributed by atoms with van der Waals surface area (Å²) in [6.45, 7) is 1.13. The molecule has 118 valence electrons. The van der Waals surface area contributed by atoms with Crippen molar-refractivity contribution in [2.75, 3.05) is 0 Å². The predicted octanol–water partition coefficient (Wildman–Crippen LogP) is 2.03. The van der Waals surface area contributed by atoms with Crippen molar-refractivity contribution in [1.29, 1.82) is 0 Å². The lowest BCUT2D eigenvalue weighted by molar-refractivity contribution is -0.125. The highest BCUT2D eigenvalue weighted by Crippen LogP contribution is 2.24. The van der Waals surface area contributed by atoms with Gasteiger partial charge in [0.1, 0.15) is 23.4 Å². The number of phenolic OH excluding ortho intramolecular Hbond substituents is 1. The molecule has 0 aliphatic heterocycles. The Morgan fingerprint density at radius 2 is 1.86 bits per heavy atom. The Bertz CT molecular complexity index is 790. The molecule has 0 aliphatic rings. The van der Waals surface area contributed by atoms with Crippen LogP contribution in [0.5, 0.6) is 5.75 Å². The molecular formula is C13H11F3N2O4. The molecule has 0 spiro atoms. The van der Waals surface area contributed by atoms with Gasteiger partial charge in [0, 0.05) is 0 Å². The number of para-hydroxylation sites is 2. The first-order valence-electron chi connectivity index (χ1n) is 6.05. The van der Waals surface area contributed by atoms with Crippen molar-refractivity contribution in [2.45, 2.75) is 19.5 Å². The number of nitrogens with zero attached hydrogens (tertiary/aromatic N) is 2. The van der Waals surface area contributed by atoms with Crippen LogP contribution in [0.2, 0.25) is 0 Å².